The van der Waals surface area contributed by atoms with Crippen LogP contribution in [0.3, 0.4) is 0 Å². The Balaban J connectivity index is 1.94. The van der Waals surface area contributed by atoms with E-state index in [1.807, 2.05) is 20.8 Å². The van der Waals surface area contributed by atoms with Crippen LogP contribution >= 0.6 is 11.3 Å². The van der Waals surface area contributed by atoms with Gasteiger partial charge in [0.05, 0.1) is 13.7 Å². The fourth-order valence-electron chi connectivity index (χ4n) is 5.02. The molecule has 0 fully saturated rings. The number of carbonyl (C=O) groups excluding carboxylic acids is 2. The van der Waals surface area contributed by atoms with Crippen molar-refractivity contribution in [2.75, 3.05) is 25.7 Å². The van der Waals surface area contributed by atoms with Gasteiger partial charge in [0.25, 0.3) is 21.8 Å². The maximum Gasteiger partial charge on any atom is 0.267 e. The normalized spacial score (nSPS) is 13.2. The molecule has 2 aromatic carbocycles. The molecule has 11 nitrogen and oxygen atoms in total. The number of sulfonamides is 1. The van der Waals surface area contributed by atoms with E-state index in [9.17, 15) is 22.4 Å². The van der Waals surface area contributed by atoms with Gasteiger partial charge in [-0.05, 0) is 54.2 Å². The number of ether oxygens (including phenoxy) is 2. The zero-order valence-electron chi connectivity index (χ0n) is 25.7. The summed E-state index contributed by atoms with van der Waals surface area (Å²) in [4.78, 5) is 34.1. The highest BCUT2D eigenvalue weighted by molar-refractivity contribution is 7.90. The van der Waals surface area contributed by atoms with Gasteiger partial charge in [-0.25, -0.2) is 22.5 Å². The predicted molar refractivity (Wildman–Crippen MR) is 168 cm³/mol. The van der Waals surface area contributed by atoms with Crippen molar-refractivity contribution in [3.8, 4) is 5.75 Å². The first kappa shape index (κ1) is 33.7. The van der Waals surface area contributed by atoms with E-state index in [0.29, 0.717) is 5.75 Å². The summed E-state index contributed by atoms with van der Waals surface area (Å²) in [6.07, 6.45) is 4.74. The van der Waals surface area contributed by atoms with Crippen molar-refractivity contribution in [1.82, 2.24) is 19.5 Å². The Kier molecular flexibility index (Phi) is 10.4. The number of thiazole rings is 1. The number of benzene rings is 2. The summed E-state index contributed by atoms with van der Waals surface area (Å²) in [5, 5.41) is 6.04. The van der Waals surface area contributed by atoms with Crippen LogP contribution in [0.2, 0.25) is 0 Å². The SMILES string of the molecule is COCCCC(Cn1cccn1)(C(=O)NS(=O)(=O)c1ccccc1F)N(C(=O)c1ccc(C(C)(C)C)c(OC)c1)c1nccs1. The fraction of sp³-hybridized carbons (Fsp3) is 0.355. The van der Waals surface area contributed by atoms with E-state index in [0.717, 1.165) is 29.0 Å². The Morgan fingerprint density at radius 3 is 2.44 bits per heavy atom. The molecule has 0 aliphatic rings. The number of methoxy groups -OCH3 is 2. The van der Waals surface area contributed by atoms with Crippen molar-refractivity contribution in [3.05, 3.63) is 89.4 Å². The van der Waals surface area contributed by atoms with Crippen LogP contribution in [-0.2, 0) is 31.5 Å². The molecule has 2 amide bonds. The van der Waals surface area contributed by atoms with Crippen molar-refractivity contribution in [3.63, 3.8) is 0 Å². The molecule has 4 rings (SSSR count). The molecule has 0 bridgehead atoms. The number of aromatic nitrogens is 3. The van der Waals surface area contributed by atoms with Crippen molar-refractivity contribution < 1.29 is 31.9 Å². The Hall–Kier alpha value is -4.14. The minimum Gasteiger partial charge on any atom is -0.496 e. The average Bonchev–Trinajstić information content (AvgIpc) is 3.71. The predicted octanol–water partition coefficient (Wildman–Crippen LogP) is 4.80. The molecule has 45 heavy (non-hydrogen) atoms. The van der Waals surface area contributed by atoms with Gasteiger partial charge in [-0.15, -0.1) is 11.3 Å². The summed E-state index contributed by atoms with van der Waals surface area (Å²) in [6, 6.07) is 11.4. The van der Waals surface area contributed by atoms with E-state index in [2.05, 4.69) is 14.8 Å². The van der Waals surface area contributed by atoms with Crippen LogP contribution in [0.15, 0.2) is 77.4 Å². The molecule has 0 radical (unpaired) electrons. The quantitative estimate of drug-likeness (QED) is 0.203. The van der Waals surface area contributed by atoms with Crippen LogP contribution in [0.4, 0.5) is 9.52 Å². The number of hydrogen-bond donors (Lipinski definition) is 1. The number of nitrogens with one attached hydrogen (secondary N) is 1. The Bertz CT molecular complexity index is 1720. The topological polar surface area (TPSA) is 133 Å². The molecule has 4 aromatic rings. The molecule has 0 aliphatic carbocycles. The lowest BCUT2D eigenvalue weighted by atomic mass is 9.85. The highest BCUT2D eigenvalue weighted by atomic mass is 32.2. The van der Waals surface area contributed by atoms with E-state index < -0.39 is 38.1 Å². The largest absolute Gasteiger partial charge is 0.496 e. The van der Waals surface area contributed by atoms with E-state index >= 15 is 0 Å². The minimum atomic E-state index is -4.72. The molecule has 0 aliphatic heterocycles. The van der Waals surface area contributed by atoms with E-state index in [4.69, 9.17) is 9.47 Å². The first-order valence-corrected chi connectivity index (χ1v) is 16.4. The average molecular weight is 658 g/mol. The van der Waals surface area contributed by atoms with Gasteiger partial charge < -0.3 is 9.47 Å². The van der Waals surface area contributed by atoms with Crippen LogP contribution in [-0.4, -0.2) is 61.4 Å². The second-order valence-electron chi connectivity index (χ2n) is 11.3. The van der Waals surface area contributed by atoms with Crippen LogP contribution in [0.1, 0.15) is 49.5 Å². The van der Waals surface area contributed by atoms with Gasteiger partial charge in [0.15, 0.2) is 5.13 Å². The number of rotatable bonds is 13. The molecule has 0 spiro atoms. The summed E-state index contributed by atoms with van der Waals surface area (Å²) < 4.78 is 56.0. The number of halogens is 1. The molecule has 1 N–H and O–H groups in total. The number of nitrogens with zero attached hydrogens (tertiary/aromatic N) is 4. The molecule has 14 heteroatoms. The lowest BCUT2D eigenvalue weighted by Crippen LogP contribution is -2.64. The van der Waals surface area contributed by atoms with Crippen LogP contribution in [0, 0.1) is 5.82 Å². The third-order valence-electron chi connectivity index (χ3n) is 7.20. The zero-order chi connectivity index (χ0) is 32.8. The summed E-state index contributed by atoms with van der Waals surface area (Å²) in [5.41, 5.74) is -1.20. The summed E-state index contributed by atoms with van der Waals surface area (Å²) >= 11 is 1.10. The monoisotopic (exact) mass is 657 g/mol. The van der Waals surface area contributed by atoms with Gasteiger partial charge in [-0.2, -0.15) is 5.10 Å². The highest BCUT2D eigenvalue weighted by Gasteiger charge is 2.50. The maximum absolute atomic E-state index is 14.7. The molecular formula is C31H36FN5O6S2. The van der Waals surface area contributed by atoms with E-state index in [1.54, 1.807) is 35.8 Å². The Labute approximate surface area is 266 Å². The first-order chi connectivity index (χ1) is 21.3. The molecule has 0 saturated heterocycles. The third kappa shape index (κ3) is 7.40. The lowest BCUT2D eigenvalue weighted by Gasteiger charge is -2.41. The highest BCUT2D eigenvalue weighted by Crippen LogP contribution is 2.37. The number of carbonyl (C=O) groups is 2. The molecule has 2 aromatic heterocycles. The Morgan fingerprint density at radius 1 is 1.09 bits per heavy atom. The summed E-state index contributed by atoms with van der Waals surface area (Å²) in [6.45, 7) is 5.98. The molecule has 0 saturated carbocycles. The van der Waals surface area contributed by atoms with Crippen molar-refractivity contribution in [1.29, 1.82) is 0 Å². The third-order valence-corrected chi connectivity index (χ3v) is 9.32. The van der Waals surface area contributed by atoms with Crippen LogP contribution in [0.5, 0.6) is 5.75 Å². The summed E-state index contributed by atoms with van der Waals surface area (Å²) in [7, 11) is -1.72. The first-order valence-electron chi connectivity index (χ1n) is 14.0. The van der Waals surface area contributed by atoms with Gasteiger partial charge >= 0.3 is 0 Å². The number of hydrogen-bond acceptors (Lipinski definition) is 9. The van der Waals surface area contributed by atoms with Crippen molar-refractivity contribution in [2.24, 2.45) is 0 Å². The Morgan fingerprint density at radius 2 is 1.84 bits per heavy atom. The van der Waals surface area contributed by atoms with Gasteiger partial charge in [-0.1, -0.05) is 39.0 Å². The number of anilines is 1. The van der Waals surface area contributed by atoms with Crippen molar-refractivity contribution in [2.45, 2.75) is 56.0 Å². The van der Waals surface area contributed by atoms with Crippen molar-refractivity contribution >= 4 is 38.3 Å². The number of amides is 2. The second-order valence-corrected chi connectivity index (χ2v) is 13.8. The molecule has 2 heterocycles. The van der Waals surface area contributed by atoms with Gasteiger partial charge in [0.2, 0.25) is 0 Å². The second kappa shape index (κ2) is 13.9. The maximum atomic E-state index is 14.7. The molecule has 1 unspecified atom stereocenters. The van der Waals surface area contributed by atoms with Crippen LogP contribution in [0.25, 0.3) is 0 Å². The van der Waals surface area contributed by atoms with Crippen LogP contribution < -0.4 is 14.4 Å². The molecular weight excluding hydrogens is 622 g/mol. The van der Waals surface area contributed by atoms with Gasteiger partial charge in [-0.3, -0.25) is 19.2 Å². The lowest BCUT2D eigenvalue weighted by molar-refractivity contribution is -0.125. The molecule has 1 atom stereocenters. The standard InChI is InChI=1S/C31H36FN5O6S2/c1-30(2,3)23-13-12-22(20-25(23)43-5)27(38)37(29-33-16-19-44-29)31(14-8-18-42-4,21-36-17-9-15-34-36)28(39)35-45(40,41)26-11-7-6-10-24(26)32/h6-7,9-13,15-17,19-20H,8,14,18,21H2,1-5H3,(H,35,39). The van der Waals surface area contributed by atoms with E-state index in [-0.39, 0.29) is 42.1 Å². The fourth-order valence-corrected chi connectivity index (χ4v) is 6.87. The van der Waals surface area contributed by atoms with E-state index in [1.165, 1.54) is 48.3 Å². The zero-order valence-corrected chi connectivity index (χ0v) is 27.3. The molecule has 240 valence electrons. The summed E-state index contributed by atoms with van der Waals surface area (Å²) in [5.74, 6) is -2.27. The smallest absolute Gasteiger partial charge is 0.267 e. The van der Waals surface area contributed by atoms with Gasteiger partial charge in [0, 0.05) is 43.3 Å². The van der Waals surface area contributed by atoms with Gasteiger partial charge in [0.1, 0.15) is 22.0 Å². The minimum absolute atomic E-state index is 0.0676.